The fourth-order valence-electron chi connectivity index (χ4n) is 2.19. The Bertz CT molecular complexity index is 513. The summed E-state index contributed by atoms with van der Waals surface area (Å²) < 4.78 is 0. The van der Waals surface area contributed by atoms with Crippen molar-refractivity contribution in [1.82, 2.24) is 10.3 Å². The number of carboxylic acid groups (broad SMARTS) is 1. The minimum atomic E-state index is -1.03. The summed E-state index contributed by atoms with van der Waals surface area (Å²) in [6.07, 6.45) is 2.27. The Balaban J connectivity index is 1.95. The number of amides is 1. The number of carboxylic acids is 1. The molecule has 108 valence electrons. The molecule has 2 N–H and O–H groups in total. The molecule has 0 saturated carbocycles. The normalized spacial score (nSPS) is 15.8. The van der Waals surface area contributed by atoms with Crippen molar-refractivity contribution in [3.05, 3.63) is 29.1 Å². The van der Waals surface area contributed by atoms with E-state index in [0.717, 1.165) is 24.3 Å². The lowest BCUT2D eigenvalue weighted by Gasteiger charge is -2.21. The molecule has 2 heterocycles. The molecule has 0 radical (unpaired) electrons. The van der Waals surface area contributed by atoms with Crippen LogP contribution in [0.2, 0.25) is 0 Å². The van der Waals surface area contributed by atoms with Gasteiger partial charge in [0.2, 0.25) is 0 Å². The number of aromatic nitrogens is 1. The quantitative estimate of drug-likeness (QED) is 0.887. The minimum absolute atomic E-state index is 0.130. The van der Waals surface area contributed by atoms with E-state index in [-0.39, 0.29) is 17.2 Å². The van der Waals surface area contributed by atoms with Crippen molar-refractivity contribution in [1.29, 1.82) is 0 Å². The molecule has 0 spiro atoms. The molecule has 0 aromatic carbocycles. The van der Waals surface area contributed by atoms with Gasteiger partial charge in [-0.05, 0) is 49.3 Å². The molecule has 1 aliphatic heterocycles. The van der Waals surface area contributed by atoms with Crippen LogP contribution < -0.4 is 5.32 Å². The maximum atomic E-state index is 12.0. The zero-order valence-electron chi connectivity index (χ0n) is 11.4. The molecule has 1 saturated heterocycles. The van der Waals surface area contributed by atoms with E-state index in [1.807, 2.05) is 11.8 Å². The van der Waals surface area contributed by atoms with Crippen LogP contribution in [-0.2, 0) is 0 Å². The molecule has 0 aliphatic carbocycles. The molecule has 5 nitrogen and oxygen atoms in total. The minimum Gasteiger partial charge on any atom is -0.478 e. The topological polar surface area (TPSA) is 79.3 Å². The SMILES string of the molecule is Cc1nc(C(=O)NCC2CCSCC2)ccc1C(=O)O. The highest BCUT2D eigenvalue weighted by atomic mass is 32.2. The Morgan fingerprint density at radius 3 is 2.70 bits per heavy atom. The number of pyridine rings is 1. The Labute approximate surface area is 122 Å². The number of nitrogens with one attached hydrogen (secondary N) is 1. The van der Waals surface area contributed by atoms with Crippen LogP contribution in [0.4, 0.5) is 0 Å². The van der Waals surface area contributed by atoms with E-state index in [4.69, 9.17) is 5.11 Å². The highest BCUT2D eigenvalue weighted by Gasteiger charge is 2.17. The molecule has 2 rings (SSSR count). The van der Waals surface area contributed by atoms with Gasteiger partial charge in [-0.15, -0.1) is 0 Å². The first-order chi connectivity index (χ1) is 9.58. The number of hydrogen-bond donors (Lipinski definition) is 2. The number of hydrogen-bond acceptors (Lipinski definition) is 4. The Hall–Kier alpha value is -1.56. The summed E-state index contributed by atoms with van der Waals surface area (Å²) in [6, 6.07) is 2.89. The predicted molar refractivity (Wildman–Crippen MR) is 78.3 cm³/mol. The molecule has 1 aromatic rings. The molecule has 6 heteroatoms. The van der Waals surface area contributed by atoms with Crippen LogP contribution in [0.25, 0.3) is 0 Å². The maximum Gasteiger partial charge on any atom is 0.337 e. The summed E-state index contributed by atoms with van der Waals surface area (Å²) in [6.45, 7) is 2.26. The molecular formula is C14H18N2O3S. The zero-order valence-corrected chi connectivity index (χ0v) is 12.2. The molecule has 1 fully saturated rings. The number of carbonyl (C=O) groups excluding carboxylic acids is 1. The second-order valence-corrected chi connectivity index (χ2v) is 6.13. The molecule has 0 atom stereocenters. The summed E-state index contributed by atoms with van der Waals surface area (Å²) in [7, 11) is 0. The van der Waals surface area contributed by atoms with Crippen LogP contribution in [0.3, 0.4) is 0 Å². The summed E-state index contributed by atoms with van der Waals surface area (Å²) >= 11 is 1.95. The van der Waals surface area contributed by atoms with Crippen molar-refractivity contribution < 1.29 is 14.7 Å². The Kier molecular flexibility index (Phi) is 5.00. The smallest absolute Gasteiger partial charge is 0.337 e. The van der Waals surface area contributed by atoms with E-state index < -0.39 is 5.97 Å². The highest BCUT2D eigenvalue weighted by Crippen LogP contribution is 2.21. The van der Waals surface area contributed by atoms with Gasteiger partial charge >= 0.3 is 5.97 Å². The van der Waals surface area contributed by atoms with Crippen molar-refractivity contribution >= 4 is 23.6 Å². The van der Waals surface area contributed by atoms with Gasteiger partial charge < -0.3 is 10.4 Å². The molecule has 1 aliphatic rings. The molecule has 1 aromatic heterocycles. The lowest BCUT2D eigenvalue weighted by atomic mass is 10.0. The highest BCUT2D eigenvalue weighted by molar-refractivity contribution is 7.99. The molecular weight excluding hydrogens is 276 g/mol. The largest absolute Gasteiger partial charge is 0.478 e. The van der Waals surface area contributed by atoms with Crippen LogP contribution in [-0.4, -0.2) is 40.0 Å². The van der Waals surface area contributed by atoms with Crippen molar-refractivity contribution in [2.75, 3.05) is 18.1 Å². The van der Waals surface area contributed by atoms with Crippen molar-refractivity contribution in [3.8, 4) is 0 Å². The lowest BCUT2D eigenvalue weighted by Crippen LogP contribution is -2.31. The Morgan fingerprint density at radius 1 is 1.40 bits per heavy atom. The van der Waals surface area contributed by atoms with Gasteiger partial charge in [0.25, 0.3) is 5.91 Å². The number of carbonyl (C=O) groups is 2. The van der Waals surface area contributed by atoms with Crippen LogP contribution in [0, 0.1) is 12.8 Å². The summed E-state index contributed by atoms with van der Waals surface area (Å²) in [5.41, 5.74) is 0.766. The van der Waals surface area contributed by atoms with E-state index in [9.17, 15) is 9.59 Å². The van der Waals surface area contributed by atoms with Gasteiger partial charge in [-0.1, -0.05) is 0 Å². The van der Waals surface area contributed by atoms with Crippen LogP contribution in [0.1, 0.15) is 39.4 Å². The monoisotopic (exact) mass is 294 g/mol. The van der Waals surface area contributed by atoms with E-state index >= 15 is 0 Å². The first kappa shape index (κ1) is 14.8. The number of aromatic carboxylic acids is 1. The van der Waals surface area contributed by atoms with Gasteiger partial charge in [-0.3, -0.25) is 4.79 Å². The molecule has 20 heavy (non-hydrogen) atoms. The number of aryl methyl sites for hydroxylation is 1. The van der Waals surface area contributed by atoms with Gasteiger partial charge in [0.1, 0.15) is 5.69 Å². The second kappa shape index (κ2) is 6.74. The van der Waals surface area contributed by atoms with Crippen LogP contribution in [0.5, 0.6) is 0 Å². The fraction of sp³-hybridized carbons (Fsp3) is 0.500. The summed E-state index contributed by atoms with van der Waals surface area (Å²) in [5, 5.41) is 11.8. The average molecular weight is 294 g/mol. The van der Waals surface area contributed by atoms with Crippen molar-refractivity contribution in [3.63, 3.8) is 0 Å². The van der Waals surface area contributed by atoms with Crippen LogP contribution >= 0.6 is 11.8 Å². The van der Waals surface area contributed by atoms with E-state index in [1.54, 1.807) is 6.92 Å². The third kappa shape index (κ3) is 3.72. The van der Waals surface area contributed by atoms with Gasteiger partial charge in [0, 0.05) is 6.54 Å². The number of nitrogens with zero attached hydrogens (tertiary/aromatic N) is 1. The average Bonchev–Trinajstić information content (AvgIpc) is 2.45. The summed E-state index contributed by atoms with van der Waals surface area (Å²) in [5.74, 6) is 1.60. The predicted octanol–water partition coefficient (Wildman–Crippen LogP) is 1.96. The second-order valence-electron chi connectivity index (χ2n) is 4.90. The zero-order chi connectivity index (χ0) is 14.5. The third-order valence-electron chi connectivity index (χ3n) is 3.44. The van der Waals surface area contributed by atoms with E-state index in [0.29, 0.717) is 18.2 Å². The first-order valence-corrected chi connectivity index (χ1v) is 7.80. The van der Waals surface area contributed by atoms with E-state index in [2.05, 4.69) is 10.3 Å². The fourth-order valence-corrected chi connectivity index (χ4v) is 3.40. The third-order valence-corrected chi connectivity index (χ3v) is 4.49. The van der Waals surface area contributed by atoms with Crippen molar-refractivity contribution in [2.24, 2.45) is 5.92 Å². The number of rotatable bonds is 4. The lowest BCUT2D eigenvalue weighted by molar-refractivity contribution is 0.0694. The first-order valence-electron chi connectivity index (χ1n) is 6.65. The van der Waals surface area contributed by atoms with Crippen molar-refractivity contribution in [2.45, 2.75) is 19.8 Å². The van der Waals surface area contributed by atoms with Gasteiger partial charge in [0.15, 0.2) is 0 Å². The van der Waals surface area contributed by atoms with E-state index in [1.165, 1.54) is 12.1 Å². The molecule has 0 unspecified atom stereocenters. The standard InChI is InChI=1S/C14H18N2O3S/c1-9-11(14(18)19)2-3-12(16-9)13(17)15-8-10-4-6-20-7-5-10/h2-3,10H,4-8H2,1H3,(H,15,17)(H,18,19). The van der Waals surface area contributed by atoms with Gasteiger partial charge in [-0.2, -0.15) is 11.8 Å². The van der Waals surface area contributed by atoms with Gasteiger partial charge in [0.05, 0.1) is 11.3 Å². The molecule has 0 bridgehead atoms. The van der Waals surface area contributed by atoms with Crippen LogP contribution in [0.15, 0.2) is 12.1 Å². The number of thioether (sulfide) groups is 1. The molecule has 1 amide bonds. The van der Waals surface area contributed by atoms with Gasteiger partial charge in [-0.25, -0.2) is 9.78 Å². The Morgan fingerprint density at radius 2 is 2.10 bits per heavy atom. The maximum absolute atomic E-state index is 12.0. The summed E-state index contributed by atoms with van der Waals surface area (Å²) in [4.78, 5) is 26.9.